The van der Waals surface area contributed by atoms with Crippen molar-refractivity contribution in [3.05, 3.63) is 70.9 Å². The molecule has 0 aliphatic rings. The van der Waals surface area contributed by atoms with Crippen LogP contribution in [0.3, 0.4) is 0 Å². The predicted molar refractivity (Wildman–Crippen MR) is 106 cm³/mol. The number of hydrogen-bond acceptors (Lipinski definition) is 5. The average Bonchev–Trinajstić information content (AvgIpc) is 3.02. The van der Waals surface area contributed by atoms with Gasteiger partial charge in [-0.15, -0.1) is 0 Å². The van der Waals surface area contributed by atoms with E-state index in [1.807, 2.05) is 0 Å². The van der Waals surface area contributed by atoms with Crippen LogP contribution in [-0.4, -0.2) is 31.3 Å². The summed E-state index contributed by atoms with van der Waals surface area (Å²) in [7, 11) is -2.54. The quantitative estimate of drug-likeness (QED) is 0.619. The third kappa shape index (κ3) is 4.52. The first-order chi connectivity index (χ1) is 13.3. The maximum absolute atomic E-state index is 12.8. The van der Waals surface area contributed by atoms with Crippen LogP contribution in [-0.2, 0) is 26.0 Å². The average molecular weight is 420 g/mol. The molecule has 0 aliphatic heterocycles. The van der Waals surface area contributed by atoms with Crippen LogP contribution in [0.4, 0.5) is 5.82 Å². The van der Waals surface area contributed by atoms with Crippen LogP contribution in [0, 0.1) is 6.92 Å². The van der Waals surface area contributed by atoms with Gasteiger partial charge >= 0.3 is 5.97 Å². The number of ether oxygens (including phenoxy) is 1. The Bertz CT molecular complexity index is 1090. The summed E-state index contributed by atoms with van der Waals surface area (Å²) in [5.41, 5.74) is 1.98. The molecule has 3 aromatic rings. The molecule has 0 spiro atoms. The molecule has 0 saturated carbocycles. The van der Waals surface area contributed by atoms with E-state index in [0.29, 0.717) is 27.8 Å². The van der Waals surface area contributed by atoms with E-state index in [4.69, 9.17) is 11.6 Å². The summed E-state index contributed by atoms with van der Waals surface area (Å²) in [4.78, 5) is 11.4. The first kappa shape index (κ1) is 19.9. The molecule has 0 bridgehead atoms. The van der Waals surface area contributed by atoms with Crippen molar-refractivity contribution >= 4 is 33.4 Å². The second kappa shape index (κ2) is 8.04. The number of nitrogens with zero attached hydrogens (tertiary/aromatic N) is 2. The number of methoxy groups -OCH3 is 1. The van der Waals surface area contributed by atoms with Gasteiger partial charge in [0.1, 0.15) is 5.82 Å². The Morgan fingerprint density at radius 1 is 1.14 bits per heavy atom. The van der Waals surface area contributed by atoms with E-state index >= 15 is 0 Å². The molecule has 0 amide bonds. The Kier molecular flexibility index (Phi) is 5.71. The molecule has 7 nitrogen and oxygen atoms in total. The largest absolute Gasteiger partial charge is 0.469 e. The van der Waals surface area contributed by atoms with Gasteiger partial charge in [-0.3, -0.25) is 9.52 Å². The van der Waals surface area contributed by atoms with E-state index in [1.165, 1.54) is 23.9 Å². The van der Waals surface area contributed by atoms with Crippen molar-refractivity contribution in [2.24, 2.45) is 0 Å². The maximum atomic E-state index is 12.8. The minimum atomic E-state index is -3.84. The van der Waals surface area contributed by atoms with Gasteiger partial charge in [-0.05, 0) is 48.9 Å². The number of carbonyl (C=O) groups is 1. The fourth-order valence-corrected chi connectivity index (χ4v) is 3.73. The molecule has 2 aromatic carbocycles. The molecule has 146 valence electrons. The molecule has 0 unspecified atom stereocenters. The first-order valence-corrected chi connectivity index (χ1v) is 10.2. The highest BCUT2D eigenvalue weighted by molar-refractivity contribution is 7.92. The lowest BCUT2D eigenvalue weighted by Crippen LogP contribution is -2.16. The number of halogens is 1. The number of nitrogens with one attached hydrogen (secondary N) is 1. The molecular formula is C19H18ClN3O4S. The Balaban J connectivity index is 1.87. The van der Waals surface area contributed by atoms with Crippen LogP contribution < -0.4 is 4.72 Å². The monoisotopic (exact) mass is 419 g/mol. The maximum Gasteiger partial charge on any atom is 0.309 e. The number of aryl methyl sites for hydroxylation is 1. The van der Waals surface area contributed by atoms with Crippen LogP contribution in [0.2, 0.25) is 5.02 Å². The number of sulfonamides is 1. The van der Waals surface area contributed by atoms with Gasteiger partial charge in [-0.1, -0.05) is 23.7 Å². The molecule has 0 fully saturated rings. The summed E-state index contributed by atoms with van der Waals surface area (Å²) in [6.07, 6.45) is 0.0762. The molecule has 0 saturated heterocycles. The van der Waals surface area contributed by atoms with Crippen molar-refractivity contribution < 1.29 is 17.9 Å². The number of carbonyl (C=O) groups excluding carboxylic acids is 1. The van der Waals surface area contributed by atoms with Gasteiger partial charge in [0.2, 0.25) is 0 Å². The first-order valence-electron chi connectivity index (χ1n) is 8.30. The van der Waals surface area contributed by atoms with Gasteiger partial charge in [0.25, 0.3) is 10.0 Å². The number of hydrogen-bond donors (Lipinski definition) is 1. The lowest BCUT2D eigenvalue weighted by molar-refractivity contribution is -0.139. The molecular weight excluding hydrogens is 402 g/mol. The molecule has 0 radical (unpaired) electrons. The minimum absolute atomic E-state index is 0.0719. The number of rotatable bonds is 6. The second-order valence-electron chi connectivity index (χ2n) is 6.06. The third-order valence-electron chi connectivity index (χ3n) is 3.95. The van der Waals surface area contributed by atoms with Crippen LogP contribution in [0.1, 0.15) is 11.3 Å². The van der Waals surface area contributed by atoms with Crippen LogP contribution in [0.25, 0.3) is 5.69 Å². The lowest BCUT2D eigenvalue weighted by Gasteiger charge is -2.11. The summed E-state index contributed by atoms with van der Waals surface area (Å²) in [5.74, 6) is -0.0884. The standard InChI is InChI=1S/C19H18ClN3O4S/c1-13-11-18(23(21-13)16-7-5-15(20)6-8-16)22-28(25,26)17-9-3-14(4-10-17)12-19(24)27-2/h3-11,22H,12H2,1-2H3. The fraction of sp³-hybridized carbons (Fsp3) is 0.158. The molecule has 28 heavy (non-hydrogen) atoms. The highest BCUT2D eigenvalue weighted by Crippen LogP contribution is 2.22. The summed E-state index contributed by atoms with van der Waals surface area (Å²) in [6.45, 7) is 1.77. The summed E-state index contributed by atoms with van der Waals surface area (Å²) < 4.78 is 34.2. The highest BCUT2D eigenvalue weighted by atomic mass is 35.5. The third-order valence-corrected chi connectivity index (χ3v) is 5.57. The predicted octanol–water partition coefficient (Wildman–Crippen LogP) is 3.35. The van der Waals surface area contributed by atoms with Crippen LogP contribution in [0.5, 0.6) is 0 Å². The fourth-order valence-electron chi connectivity index (χ4n) is 2.57. The van der Waals surface area contributed by atoms with Gasteiger partial charge in [0.15, 0.2) is 0 Å². The molecule has 1 heterocycles. The zero-order valence-corrected chi connectivity index (χ0v) is 16.8. The highest BCUT2D eigenvalue weighted by Gasteiger charge is 2.18. The minimum Gasteiger partial charge on any atom is -0.469 e. The Morgan fingerprint density at radius 3 is 2.39 bits per heavy atom. The van der Waals surface area contributed by atoms with Gasteiger partial charge < -0.3 is 4.74 Å². The zero-order chi connectivity index (χ0) is 20.3. The van der Waals surface area contributed by atoms with E-state index in [0.717, 1.165) is 0 Å². The van der Waals surface area contributed by atoms with Crippen LogP contribution in [0.15, 0.2) is 59.5 Å². The normalized spacial score (nSPS) is 11.2. The van der Waals surface area contributed by atoms with E-state index < -0.39 is 16.0 Å². The van der Waals surface area contributed by atoms with Crippen molar-refractivity contribution in [3.63, 3.8) is 0 Å². The van der Waals surface area contributed by atoms with E-state index in [9.17, 15) is 13.2 Å². The molecule has 0 aliphatic carbocycles. The van der Waals surface area contributed by atoms with Crippen LogP contribution >= 0.6 is 11.6 Å². The van der Waals surface area contributed by atoms with Crippen molar-refractivity contribution in [1.82, 2.24) is 9.78 Å². The molecule has 0 atom stereocenters. The Labute approximate surface area is 168 Å². The zero-order valence-electron chi connectivity index (χ0n) is 15.2. The Hall–Kier alpha value is -2.84. The summed E-state index contributed by atoms with van der Waals surface area (Å²) in [6, 6.07) is 14.6. The van der Waals surface area contributed by atoms with E-state index in [2.05, 4.69) is 14.6 Å². The van der Waals surface area contributed by atoms with Crippen molar-refractivity contribution in [1.29, 1.82) is 0 Å². The van der Waals surface area contributed by atoms with Crippen molar-refractivity contribution in [2.75, 3.05) is 11.8 Å². The van der Waals surface area contributed by atoms with Gasteiger partial charge in [0.05, 0.1) is 29.8 Å². The summed E-state index contributed by atoms with van der Waals surface area (Å²) in [5, 5.41) is 4.91. The van der Waals surface area contributed by atoms with E-state index in [1.54, 1.807) is 49.4 Å². The number of anilines is 1. The number of esters is 1. The van der Waals surface area contributed by atoms with Gasteiger partial charge in [0, 0.05) is 11.1 Å². The van der Waals surface area contributed by atoms with Crippen molar-refractivity contribution in [2.45, 2.75) is 18.2 Å². The lowest BCUT2D eigenvalue weighted by atomic mass is 10.2. The van der Waals surface area contributed by atoms with Crippen molar-refractivity contribution in [3.8, 4) is 5.69 Å². The topological polar surface area (TPSA) is 90.3 Å². The van der Waals surface area contributed by atoms with E-state index in [-0.39, 0.29) is 11.3 Å². The second-order valence-corrected chi connectivity index (χ2v) is 8.18. The molecule has 1 N–H and O–H groups in total. The van der Waals surface area contributed by atoms with Gasteiger partial charge in [-0.25, -0.2) is 13.1 Å². The molecule has 1 aromatic heterocycles. The smallest absolute Gasteiger partial charge is 0.309 e. The number of aromatic nitrogens is 2. The SMILES string of the molecule is COC(=O)Cc1ccc(S(=O)(=O)Nc2cc(C)nn2-c2ccc(Cl)cc2)cc1. The summed E-state index contributed by atoms with van der Waals surface area (Å²) >= 11 is 5.91. The van der Waals surface area contributed by atoms with Gasteiger partial charge in [-0.2, -0.15) is 5.10 Å². The molecule has 3 rings (SSSR count). The number of benzene rings is 2. The molecule has 9 heteroatoms. The Morgan fingerprint density at radius 2 is 1.79 bits per heavy atom.